The Kier molecular flexibility index (Phi) is 5.61. The van der Waals surface area contributed by atoms with E-state index < -0.39 is 5.41 Å². The molecule has 120 valence electrons. The van der Waals surface area contributed by atoms with Crippen LogP contribution in [-0.4, -0.2) is 43.6 Å². The van der Waals surface area contributed by atoms with Crippen molar-refractivity contribution in [3.8, 4) is 5.75 Å². The van der Waals surface area contributed by atoms with Crippen LogP contribution < -0.4 is 10.1 Å². The van der Waals surface area contributed by atoms with E-state index in [-0.39, 0.29) is 5.91 Å². The predicted molar refractivity (Wildman–Crippen MR) is 89.1 cm³/mol. The average molecular weight is 302 g/mol. The molecule has 4 heteroatoms. The van der Waals surface area contributed by atoms with E-state index in [4.69, 9.17) is 4.74 Å². The van der Waals surface area contributed by atoms with Crippen molar-refractivity contribution in [3.05, 3.63) is 42.5 Å². The molecule has 0 aliphatic carbocycles. The molecule has 1 aromatic rings. The summed E-state index contributed by atoms with van der Waals surface area (Å²) in [6.07, 6.45) is 2.63. The van der Waals surface area contributed by atoms with Gasteiger partial charge in [-0.25, -0.2) is 0 Å². The number of allylic oxidation sites excluding steroid dienone is 1. The van der Waals surface area contributed by atoms with Crippen LogP contribution in [-0.2, 0) is 11.2 Å². The smallest absolute Gasteiger partial charge is 0.231 e. The molecule has 1 aromatic carbocycles. The zero-order valence-electron chi connectivity index (χ0n) is 13.6. The second kappa shape index (κ2) is 7.45. The highest BCUT2D eigenvalue weighted by molar-refractivity contribution is 5.82. The van der Waals surface area contributed by atoms with E-state index in [9.17, 15) is 4.79 Å². The maximum atomic E-state index is 12.7. The minimum Gasteiger partial charge on any atom is -0.492 e. The molecule has 0 radical (unpaired) electrons. The Hall–Kier alpha value is -1.81. The summed E-state index contributed by atoms with van der Waals surface area (Å²) in [4.78, 5) is 14.6. The van der Waals surface area contributed by atoms with Crippen LogP contribution in [0.25, 0.3) is 0 Å². The molecule has 0 unspecified atom stereocenters. The van der Waals surface area contributed by atoms with Crippen LogP contribution in [0, 0.1) is 5.41 Å². The number of para-hydroxylation sites is 1. The second-order valence-electron chi connectivity index (χ2n) is 6.32. The second-order valence-corrected chi connectivity index (χ2v) is 6.32. The normalized spacial score (nSPS) is 15.5. The lowest BCUT2D eigenvalue weighted by Gasteiger charge is -2.34. The maximum absolute atomic E-state index is 12.7. The fourth-order valence-electron chi connectivity index (χ4n) is 2.58. The van der Waals surface area contributed by atoms with Crippen molar-refractivity contribution in [2.75, 3.05) is 32.8 Å². The molecule has 0 saturated carbocycles. The molecule has 4 nitrogen and oxygen atoms in total. The number of carbonyl (C=O) groups excluding carboxylic acids is 1. The van der Waals surface area contributed by atoms with E-state index in [0.717, 1.165) is 43.9 Å². The molecule has 0 bridgehead atoms. The topological polar surface area (TPSA) is 41.6 Å². The molecule has 0 aromatic heterocycles. The van der Waals surface area contributed by atoms with Gasteiger partial charge in [0.05, 0.1) is 5.41 Å². The van der Waals surface area contributed by atoms with Gasteiger partial charge < -0.3 is 15.0 Å². The van der Waals surface area contributed by atoms with Gasteiger partial charge in [0, 0.05) is 26.2 Å². The first kappa shape index (κ1) is 16.6. The molecule has 1 fully saturated rings. The third kappa shape index (κ3) is 4.10. The number of ether oxygens (including phenoxy) is 1. The van der Waals surface area contributed by atoms with Crippen LogP contribution in [0.4, 0.5) is 0 Å². The minimum absolute atomic E-state index is 0.162. The number of nitrogens with zero attached hydrogens (tertiary/aromatic N) is 1. The molecular formula is C18H26N2O2. The summed E-state index contributed by atoms with van der Waals surface area (Å²) in [6.45, 7) is 11.3. The Morgan fingerprint density at radius 1 is 1.36 bits per heavy atom. The highest BCUT2D eigenvalue weighted by Crippen LogP contribution is 2.24. The fraction of sp³-hybridized carbons (Fsp3) is 0.500. The van der Waals surface area contributed by atoms with Crippen molar-refractivity contribution in [1.29, 1.82) is 0 Å². The highest BCUT2D eigenvalue weighted by Gasteiger charge is 2.33. The summed E-state index contributed by atoms with van der Waals surface area (Å²) in [5.41, 5.74) is 0.571. The first-order valence-electron chi connectivity index (χ1n) is 7.86. The van der Waals surface area contributed by atoms with Gasteiger partial charge in [-0.2, -0.15) is 0 Å². The fourth-order valence-corrected chi connectivity index (χ4v) is 2.58. The molecule has 0 atom stereocenters. The number of nitrogens with one attached hydrogen (secondary N) is 1. The van der Waals surface area contributed by atoms with Crippen LogP contribution in [0.3, 0.4) is 0 Å². The van der Waals surface area contributed by atoms with Gasteiger partial charge in [0.15, 0.2) is 0 Å². The van der Waals surface area contributed by atoms with Gasteiger partial charge in [0.1, 0.15) is 12.4 Å². The van der Waals surface area contributed by atoms with Gasteiger partial charge in [0.2, 0.25) is 5.91 Å². The van der Waals surface area contributed by atoms with Gasteiger partial charge in [-0.05, 0) is 31.9 Å². The Labute approximate surface area is 133 Å². The lowest BCUT2D eigenvalue weighted by Crippen LogP contribution is -2.51. The molecule has 1 amide bonds. The molecule has 1 aliphatic heterocycles. The summed E-state index contributed by atoms with van der Waals surface area (Å²) in [5.74, 6) is 0.999. The summed E-state index contributed by atoms with van der Waals surface area (Å²) in [7, 11) is 0. The number of amides is 1. The average Bonchev–Trinajstić information content (AvgIpc) is 2.54. The molecule has 1 N–H and O–H groups in total. The van der Waals surface area contributed by atoms with Crippen molar-refractivity contribution in [2.45, 2.75) is 20.3 Å². The summed E-state index contributed by atoms with van der Waals surface area (Å²) < 4.78 is 5.96. The molecule has 1 saturated heterocycles. The number of benzene rings is 1. The van der Waals surface area contributed by atoms with Crippen molar-refractivity contribution >= 4 is 5.91 Å². The van der Waals surface area contributed by atoms with Gasteiger partial charge in [-0.3, -0.25) is 4.79 Å². The van der Waals surface area contributed by atoms with E-state index in [1.165, 1.54) is 0 Å². The minimum atomic E-state index is -0.529. The third-order valence-corrected chi connectivity index (χ3v) is 3.91. The van der Waals surface area contributed by atoms with Gasteiger partial charge in [-0.15, -0.1) is 6.58 Å². The zero-order chi connectivity index (χ0) is 16.0. The standard InChI is InChI=1S/C18H26N2O2/c1-4-7-15-8-5-6-9-16(15)22-14-18(2,3)17(21)20-12-10-19-11-13-20/h4-6,8-9,19H,1,7,10-14H2,2-3H3. The number of piperazine rings is 1. The third-order valence-electron chi connectivity index (χ3n) is 3.91. The highest BCUT2D eigenvalue weighted by atomic mass is 16.5. The van der Waals surface area contributed by atoms with E-state index in [0.29, 0.717) is 6.61 Å². The van der Waals surface area contributed by atoms with Gasteiger partial charge in [-0.1, -0.05) is 24.3 Å². The number of hydrogen-bond donors (Lipinski definition) is 1. The Balaban J connectivity index is 1.99. The quantitative estimate of drug-likeness (QED) is 0.820. The van der Waals surface area contributed by atoms with Crippen LogP contribution in [0.2, 0.25) is 0 Å². The van der Waals surface area contributed by atoms with Crippen molar-refractivity contribution < 1.29 is 9.53 Å². The number of carbonyl (C=O) groups is 1. The lowest BCUT2D eigenvalue weighted by molar-refractivity contribution is -0.142. The van der Waals surface area contributed by atoms with Crippen LogP contribution in [0.5, 0.6) is 5.75 Å². The van der Waals surface area contributed by atoms with Gasteiger partial charge in [0.25, 0.3) is 0 Å². The van der Waals surface area contributed by atoms with Crippen LogP contribution in [0.1, 0.15) is 19.4 Å². The van der Waals surface area contributed by atoms with Crippen molar-refractivity contribution in [3.63, 3.8) is 0 Å². The summed E-state index contributed by atoms with van der Waals surface area (Å²) in [5, 5.41) is 3.27. The Morgan fingerprint density at radius 3 is 2.73 bits per heavy atom. The molecule has 2 rings (SSSR count). The summed E-state index contributed by atoms with van der Waals surface area (Å²) in [6, 6.07) is 7.92. The first-order chi connectivity index (χ1) is 10.5. The van der Waals surface area contributed by atoms with E-state index >= 15 is 0 Å². The molecule has 1 heterocycles. The SMILES string of the molecule is C=CCc1ccccc1OCC(C)(C)C(=O)N1CCNCC1. The number of hydrogen-bond acceptors (Lipinski definition) is 3. The van der Waals surface area contributed by atoms with E-state index in [1.807, 2.05) is 49.1 Å². The lowest BCUT2D eigenvalue weighted by atomic mass is 9.92. The largest absolute Gasteiger partial charge is 0.492 e. The maximum Gasteiger partial charge on any atom is 0.231 e. The molecular weight excluding hydrogens is 276 g/mol. The Morgan fingerprint density at radius 2 is 2.05 bits per heavy atom. The van der Waals surface area contributed by atoms with Crippen molar-refractivity contribution in [1.82, 2.24) is 10.2 Å². The van der Waals surface area contributed by atoms with E-state index in [2.05, 4.69) is 11.9 Å². The molecule has 0 spiro atoms. The van der Waals surface area contributed by atoms with E-state index in [1.54, 1.807) is 0 Å². The zero-order valence-corrected chi connectivity index (χ0v) is 13.6. The molecule has 22 heavy (non-hydrogen) atoms. The van der Waals surface area contributed by atoms with Crippen molar-refractivity contribution in [2.24, 2.45) is 5.41 Å². The monoisotopic (exact) mass is 302 g/mol. The van der Waals surface area contributed by atoms with Gasteiger partial charge >= 0.3 is 0 Å². The van der Waals surface area contributed by atoms with Crippen LogP contribution in [0.15, 0.2) is 36.9 Å². The molecule has 1 aliphatic rings. The predicted octanol–water partition coefficient (Wildman–Crippen LogP) is 2.25. The number of rotatable bonds is 6. The first-order valence-corrected chi connectivity index (χ1v) is 7.86. The Bertz CT molecular complexity index is 520. The summed E-state index contributed by atoms with van der Waals surface area (Å²) >= 11 is 0. The van der Waals surface area contributed by atoms with Crippen LogP contribution >= 0.6 is 0 Å².